The molecule has 200 valence electrons. The summed E-state index contributed by atoms with van der Waals surface area (Å²) >= 11 is 0. The van der Waals surface area contributed by atoms with Crippen molar-refractivity contribution in [2.45, 2.75) is 135 Å². The average molecular weight is 495 g/mol. The van der Waals surface area contributed by atoms with Crippen LogP contribution in [0.5, 0.6) is 5.75 Å². The van der Waals surface area contributed by atoms with Crippen molar-refractivity contribution in [3.05, 3.63) is 41.7 Å². The summed E-state index contributed by atoms with van der Waals surface area (Å²) in [5.41, 5.74) is 2.25. The van der Waals surface area contributed by atoms with Gasteiger partial charge in [-0.1, -0.05) is 51.5 Å². The lowest BCUT2D eigenvalue weighted by molar-refractivity contribution is 0.0754. The van der Waals surface area contributed by atoms with Crippen LogP contribution in [0.15, 0.2) is 24.8 Å². The van der Waals surface area contributed by atoms with E-state index in [1.54, 1.807) is 6.07 Å². The summed E-state index contributed by atoms with van der Waals surface area (Å²) in [5, 5.41) is 0. The lowest BCUT2D eigenvalue weighted by Gasteiger charge is -2.38. The van der Waals surface area contributed by atoms with Gasteiger partial charge in [0.25, 0.3) is 0 Å². The zero-order chi connectivity index (χ0) is 24.9. The summed E-state index contributed by atoms with van der Waals surface area (Å²) in [6.45, 7) is 6.20. The molecule has 1 aromatic rings. The quantitative estimate of drug-likeness (QED) is 0.327. The molecule has 2 heteroatoms. The standard InChI is InChI=1S/C34H51FO/c1-3-5-7-25-8-12-26(13-9-25)27-16-18-28(19-17-27)31-22-30-20-21-33(36-34(30)23-32(31)35)29-14-10-24(6-4-2)11-15-29/h3,22-29,33H,1,4-21H2,2H3. The predicted molar refractivity (Wildman–Crippen MR) is 149 cm³/mol. The van der Waals surface area contributed by atoms with Crippen LogP contribution in [0.25, 0.3) is 0 Å². The molecule has 1 atom stereocenters. The van der Waals surface area contributed by atoms with Gasteiger partial charge in [-0.2, -0.15) is 0 Å². The lowest BCUT2D eigenvalue weighted by Crippen LogP contribution is -2.33. The molecule has 0 spiro atoms. The highest BCUT2D eigenvalue weighted by molar-refractivity contribution is 5.41. The van der Waals surface area contributed by atoms with Crippen molar-refractivity contribution < 1.29 is 9.13 Å². The molecule has 3 saturated carbocycles. The van der Waals surface area contributed by atoms with E-state index >= 15 is 4.39 Å². The molecule has 3 fully saturated rings. The molecule has 36 heavy (non-hydrogen) atoms. The number of hydrogen-bond donors (Lipinski definition) is 0. The van der Waals surface area contributed by atoms with Gasteiger partial charge in [0, 0.05) is 6.07 Å². The smallest absolute Gasteiger partial charge is 0.130 e. The fourth-order valence-corrected chi connectivity index (χ4v) is 8.55. The molecule has 1 aliphatic heterocycles. The largest absolute Gasteiger partial charge is 0.490 e. The average Bonchev–Trinajstić information content (AvgIpc) is 2.92. The van der Waals surface area contributed by atoms with Gasteiger partial charge >= 0.3 is 0 Å². The van der Waals surface area contributed by atoms with Crippen LogP contribution in [0.4, 0.5) is 4.39 Å². The number of fused-ring (bicyclic) bond motifs is 1. The monoisotopic (exact) mass is 494 g/mol. The van der Waals surface area contributed by atoms with Crippen LogP contribution in [-0.4, -0.2) is 6.10 Å². The van der Waals surface area contributed by atoms with Crippen molar-refractivity contribution in [1.82, 2.24) is 0 Å². The van der Waals surface area contributed by atoms with Crippen molar-refractivity contribution in [3.63, 3.8) is 0 Å². The highest BCUT2D eigenvalue weighted by Gasteiger charge is 2.34. The molecule has 0 N–H and O–H groups in total. The second-order valence-electron chi connectivity index (χ2n) is 13.0. The molecule has 1 aromatic carbocycles. The van der Waals surface area contributed by atoms with E-state index in [1.807, 2.05) is 0 Å². The maximum atomic E-state index is 15.4. The number of benzene rings is 1. The Labute approximate surface area is 220 Å². The SMILES string of the molecule is C=CCCC1CCC(C2CCC(c3cc4c(cc3F)OC(C3CCC(CCC)CC3)CC4)CC2)CC1. The molecular weight excluding hydrogens is 443 g/mol. The summed E-state index contributed by atoms with van der Waals surface area (Å²) in [6.07, 6.45) is 25.7. The summed E-state index contributed by atoms with van der Waals surface area (Å²) in [6, 6.07) is 3.96. The Morgan fingerprint density at radius 1 is 0.806 bits per heavy atom. The van der Waals surface area contributed by atoms with Gasteiger partial charge in [0.2, 0.25) is 0 Å². The van der Waals surface area contributed by atoms with Crippen LogP contribution in [-0.2, 0) is 6.42 Å². The Hall–Kier alpha value is -1.31. The van der Waals surface area contributed by atoms with Gasteiger partial charge in [-0.25, -0.2) is 4.39 Å². The fraction of sp³-hybridized carbons (Fsp3) is 0.765. The van der Waals surface area contributed by atoms with Crippen molar-refractivity contribution in [2.75, 3.05) is 0 Å². The van der Waals surface area contributed by atoms with E-state index < -0.39 is 0 Å². The first-order valence-electron chi connectivity index (χ1n) is 15.7. The molecule has 0 amide bonds. The number of halogens is 1. The van der Waals surface area contributed by atoms with Crippen molar-refractivity contribution in [3.8, 4) is 5.75 Å². The maximum absolute atomic E-state index is 15.4. The zero-order valence-electron chi connectivity index (χ0n) is 23.0. The first kappa shape index (κ1) is 26.3. The molecule has 3 aliphatic carbocycles. The Balaban J connectivity index is 1.12. The molecule has 0 saturated heterocycles. The van der Waals surface area contributed by atoms with Gasteiger partial charge in [0.15, 0.2) is 0 Å². The molecule has 4 aliphatic rings. The summed E-state index contributed by atoms with van der Waals surface area (Å²) in [4.78, 5) is 0. The number of hydrogen-bond acceptors (Lipinski definition) is 1. The first-order chi connectivity index (χ1) is 17.6. The fourth-order valence-electron chi connectivity index (χ4n) is 8.55. The van der Waals surface area contributed by atoms with E-state index in [9.17, 15) is 0 Å². The van der Waals surface area contributed by atoms with E-state index in [1.165, 1.54) is 108 Å². The van der Waals surface area contributed by atoms with Crippen molar-refractivity contribution in [2.24, 2.45) is 29.6 Å². The second-order valence-corrected chi connectivity index (χ2v) is 13.0. The number of rotatable bonds is 8. The van der Waals surface area contributed by atoms with Crippen LogP contribution in [0.2, 0.25) is 0 Å². The first-order valence-corrected chi connectivity index (χ1v) is 15.7. The molecular formula is C34H51FO. The molecule has 1 nitrogen and oxygen atoms in total. The summed E-state index contributed by atoms with van der Waals surface area (Å²) in [7, 11) is 0. The van der Waals surface area contributed by atoms with Crippen molar-refractivity contribution >= 4 is 0 Å². The third-order valence-corrected chi connectivity index (χ3v) is 10.8. The van der Waals surface area contributed by atoms with Crippen LogP contribution in [0, 0.1) is 35.4 Å². The minimum absolute atomic E-state index is 0.00719. The molecule has 1 heterocycles. The van der Waals surface area contributed by atoms with Crippen LogP contribution in [0.3, 0.4) is 0 Å². The molecule has 1 unspecified atom stereocenters. The molecule has 0 radical (unpaired) electrons. The van der Waals surface area contributed by atoms with E-state index in [4.69, 9.17) is 4.74 Å². The highest BCUT2D eigenvalue weighted by atomic mass is 19.1. The van der Waals surface area contributed by atoms with Gasteiger partial charge in [0.1, 0.15) is 17.7 Å². The normalized spacial score (nSPS) is 35.0. The minimum Gasteiger partial charge on any atom is -0.490 e. The number of allylic oxidation sites excluding steroid dienone is 1. The van der Waals surface area contributed by atoms with E-state index in [-0.39, 0.29) is 5.82 Å². The number of ether oxygens (including phenoxy) is 1. The minimum atomic E-state index is -0.00719. The Bertz CT molecular complexity index is 837. The lowest BCUT2D eigenvalue weighted by atomic mass is 9.68. The van der Waals surface area contributed by atoms with Gasteiger partial charge < -0.3 is 4.74 Å². The van der Waals surface area contributed by atoms with Crippen LogP contribution >= 0.6 is 0 Å². The van der Waals surface area contributed by atoms with Gasteiger partial charge in [-0.05, 0) is 130 Å². The molecule has 0 aromatic heterocycles. The highest BCUT2D eigenvalue weighted by Crippen LogP contribution is 2.46. The Morgan fingerprint density at radius 2 is 1.42 bits per heavy atom. The van der Waals surface area contributed by atoms with Crippen LogP contribution < -0.4 is 4.74 Å². The predicted octanol–water partition coefficient (Wildman–Crippen LogP) is 10.2. The third kappa shape index (κ3) is 6.21. The topological polar surface area (TPSA) is 9.23 Å². The molecule has 0 bridgehead atoms. The van der Waals surface area contributed by atoms with Gasteiger partial charge in [0.05, 0.1) is 0 Å². The summed E-state index contributed by atoms with van der Waals surface area (Å²) in [5.74, 6) is 5.56. The maximum Gasteiger partial charge on any atom is 0.130 e. The van der Waals surface area contributed by atoms with E-state index in [2.05, 4.69) is 25.6 Å². The Kier molecular flexibility index (Phi) is 9.13. The summed E-state index contributed by atoms with van der Waals surface area (Å²) < 4.78 is 21.9. The van der Waals surface area contributed by atoms with Crippen molar-refractivity contribution in [1.29, 1.82) is 0 Å². The Morgan fingerprint density at radius 3 is 2.06 bits per heavy atom. The van der Waals surface area contributed by atoms with Crippen LogP contribution in [0.1, 0.15) is 133 Å². The number of aryl methyl sites for hydroxylation is 1. The van der Waals surface area contributed by atoms with E-state index in [0.717, 1.165) is 47.8 Å². The van der Waals surface area contributed by atoms with Gasteiger partial charge in [-0.3, -0.25) is 0 Å². The molecule has 5 rings (SSSR count). The second kappa shape index (κ2) is 12.5. The third-order valence-electron chi connectivity index (χ3n) is 10.8. The van der Waals surface area contributed by atoms with E-state index in [0.29, 0.717) is 17.9 Å². The zero-order valence-corrected chi connectivity index (χ0v) is 23.0. The van der Waals surface area contributed by atoms with Gasteiger partial charge in [-0.15, -0.1) is 6.58 Å².